The number of quaternary nitrogens is 1. The Balaban J connectivity index is 5.07. The maximum atomic E-state index is 13.6. The van der Waals surface area contributed by atoms with Gasteiger partial charge in [0, 0.05) is 12.8 Å². The van der Waals surface area contributed by atoms with Gasteiger partial charge in [0.2, 0.25) is 5.91 Å². The first kappa shape index (κ1) is 79.2. The van der Waals surface area contributed by atoms with Crippen LogP contribution < -0.4 is 10.2 Å². The second-order valence-corrected chi connectivity index (χ2v) is 26.8. The molecule has 0 radical (unpaired) electrons. The van der Waals surface area contributed by atoms with Crippen LogP contribution in [-0.4, -0.2) is 69.4 Å². The molecule has 0 bridgehead atoms. The van der Waals surface area contributed by atoms with Crippen LogP contribution in [0.5, 0.6) is 0 Å². The third-order valence-electron chi connectivity index (χ3n) is 16.0. The minimum absolute atomic E-state index is 0.0206. The Hall–Kier alpha value is -1.77. The van der Waals surface area contributed by atoms with Gasteiger partial charge in [-0.3, -0.25) is 14.2 Å². The number of phosphoric acid groups is 1. The highest BCUT2D eigenvalue weighted by molar-refractivity contribution is 7.45. The van der Waals surface area contributed by atoms with Gasteiger partial charge < -0.3 is 28.5 Å². The number of nitrogens with zero attached hydrogens (tertiary/aromatic N) is 1. The molecule has 81 heavy (non-hydrogen) atoms. The second-order valence-electron chi connectivity index (χ2n) is 25.4. The zero-order valence-corrected chi connectivity index (χ0v) is 55.7. The molecule has 0 fully saturated rings. The molecule has 0 aliphatic rings. The van der Waals surface area contributed by atoms with E-state index in [9.17, 15) is 19.0 Å². The van der Waals surface area contributed by atoms with Crippen molar-refractivity contribution in [3.63, 3.8) is 0 Å². The number of carbonyl (C=O) groups excluding carboxylic acids is 2. The Morgan fingerprint density at radius 3 is 1.05 bits per heavy atom. The number of esters is 1. The Labute approximate surface area is 504 Å². The maximum absolute atomic E-state index is 13.6. The van der Waals surface area contributed by atoms with Gasteiger partial charge in [-0.1, -0.05) is 295 Å². The first-order valence-electron chi connectivity index (χ1n) is 35.3. The van der Waals surface area contributed by atoms with Gasteiger partial charge in [-0.2, -0.15) is 0 Å². The van der Waals surface area contributed by atoms with Crippen LogP contribution in [-0.2, 0) is 27.9 Å². The van der Waals surface area contributed by atoms with Crippen LogP contribution in [0.1, 0.15) is 355 Å². The molecule has 10 heteroatoms. The molecule has 0 spiro atoms. The number of rotatable bonds is 65. The zero-order valence-electron chi connectivity index (χ0n) is 54.8. The topological polar surface area (TPSA) is 114 Å². The van der Waals surface area contributed by atoms with Crippen LogP contribution in [0.15, 0.2) is 36.5 Å². The first-order chi connectivity index (χ1) is 39.4. The summed E-state index contributed by atoms with van der Waals surface area (Å²) in [7, 11) is 1.20. The molecule has 478 valence electrons. The van der Waals surface area contributed by atoms with E-state index in [4.69, 9.17) is 13.8 Å². The largest absolute Gasteiger partial charge is 0.756 e. The molecule has 0 aromatic heterocycles. The van der Waals surface area contributed by atoms with E-state index in [0.29, 0.717) is 17.4 Å². The summed E-state index contributed by atoms with van der Waals surface area (Å²) in [4.78, 5) is 40.2. The lowest BCUT2D eigenvalue weighted by atomic mass is 10.0. The van der Waals surface area contributed by atoms with Gasteiger partial charge in [0.1, 0.15) is 19.3 Å². The molecule has 3 unspecified atom stereocenters. The van der Waals surface area contributed by atoms with E-state index < -0.39 is 20.0 Å². The van der Waals surface area contributed by atoms with Gasteiger partial charge in [0.05, 0.1) is 33.8 Å². The number of amides is 1. The Bertz CT molecular complexity index is 1480. The highest BCUT2D eigenvalue weighted by Crippen LogP contribution is 2.38. The summed E-state index contributed by atoms with van der Waals surface area (Å²) < 4.78 is 30.4. The predicted molar refractivity (Wildman–Crippen MR) is 349 cm³/mol. The zero-order chi connectivity index (χ0) is 59.3. The van der Waals surface area contributed by atoms with E-state index in [0.717, 1.165) is 70.6 Å². The van der Waals surface area contributed by atoms with E-state index >= 15 is 0 Å². The van der Waals surface area contributed by atoms with Gasteiger partial charge in [-0.25, -0.2) is 0 Å². The van der Waals surface area contributed by atoms with E-state index in [1.54, 1.807) is 0 Å². The summed E-state index contributed by atoms with van der Waals surface area (Å²) in [6.45, 7) is 6.89. The summed E-state index contributed by atoms with van der Waals surface area (Å²) in [6.07, 6.45) is 75.5. The molecule has 0 aliphatic heterocycles. The van der Waals surface area contributed by atoms with Crippen molar-refractivity contribution < 1.29 is 37.3 Å². The number of carbonyl (C=O) groups is 2. The Morgan fingerprint density at radius 1 is 0.420 bits per heavy atom. The third kappa shape index (κ3) is 62.6. The summed E-state index contributed by atoms with van der Waals surface area (Å²) in [5.41, 5.74) is 0. The van der Waals surface area contributed by atoms with Crippen LogP contribution in [0.2, 0.25) is 0 Å². The molecule has 1 N–H and O–H groups in total. The smallest absolute Gasteiger partial charge is 0.306 e. The van der Waals surface area contributed by atoms with Crippen molar-refractivity contribution in [3.05, 3.63) is 36.5 Å². The Kier molecular flexibility index (Phi) is 60.0. The fourth-order valence-corrected chi connectivity index (χ4v) is 11.3. The molecule has 3 atom stereocenters. The number of phosphoric ester groups is 1. The molecule has 0 aromatic rings. The number of hydrogen-bond donors (Lipinski definition) is 1. The van der Waals surface area contributed by atoms with Crippen LogP contribution in [0.4, 0.5) is 0 Å². The predicted octanol–water partition coefficient (Wildman–Crippen LogP) is 21.6. The third-order valence-corrected chi connectivity index (χ3v) is 17.0. The molecule has 0 saturated heterocycles. The quantitative estimate of drug-likeness (QED) is 0.0212. The molecule has 0 aliphatic carbocycles. The van der Waals surface area contributed by atoms with Crippen molar-refractivity contribution in [1.82, 2.24) is 5.32 Å². The van der Waals surface area contributed by atoms with E-state index in [1.807, 2.05) is 33.3 Å². The van der Waals surface area contributed by atoms with Gasteiger partial charge >= 0.3 is 5.97 Å². The number of unbranched alkanes of at least 4 members (excludes halogenated alkanes) is 45. The number of nitrogens with one attached hydrogen (secondary N) is 1. The van der Waals surface area contributed by atoms with E-state index in [2.05, 4.69) is 50.4 Å². The fourth-order valence-electron chi connectivity index (χ4n) is 10.6. The maximum Gasteiger partial charge on any atom is 0.306 e. The molecular formula is C71H137N2O7P. The average Bonchev–Trinajstić information content (AvgIpc) is 3.44. The van der Waals surface area contributed by atoms with Gasteiger partial charge in [0.25, 0.3) is 7.82 Å². The molecule has 0 rings (SSSR count). The lowest BCUT2D eigenvalue weighted by Gasteiger charge is -2.30. The standard InChI is InChI=1S/C71H137N2O7P/c1-7-10-13-16-19-22-25-28-30-32-33-34-35-36-37-38-39-41-43-46-49-52-55-58-61-64-71(75)80-69(62-59-56-53-50-47-44-27-24-21-18-15-12-9-3)68(67-79-81(76,77)78-66-65-73(4,5)6)72-70(74)63-60-57-54-51-48-45-42-40-31-29-26-23-20-17-14-11-8-2/h28-31,59,62,68-69H,7-27,32-58,60-61,63-67H2,1-6H3,(H-,72,74,76,77)/b30-28+,31-29+,62-59-. The molecule has 0 heterocycles. The number of likely N-dealkylation sites (N-methyl/N-ethyl adjacent to an activating group) is 1. The van der Waals surface area contributed by atoms with Crippen LogP contribution in [0, 0.1) is 0 Å². The second kappa shape index (κ2) is 61.3. The number of hydrogen-bond acceptors (Lipinski definition) is 7. The highest BCUT2D eigenvalue weighted by atomic mass is 31.2. The van der Waals surface area contributed by atoms with Crippen molar-refractivity contribution in [2.24, 2.45) is 0 Å². The summed E-state index contributed by atoms with van der Waals surface area (Å²) >= 11 is 0. The van der Waals surface area contributed by atoms with Crippen molar-refractivity contribution in [2.45, 2.75) is 367 Å². The minimum Gasteiger partial charge on any atom is -0.756 e. The van der Waals surface area contributed by atoms with E-state index in [-0.39, 0.29) is 31.5 Å². The summed E-state index contributed by atoms with van der Waals surface area (Å²) in [5, 5.41) is 3.04. The van der Waals surface area contributed by atoms with Crippen molar-refractivity contribution >= 4 is 19.7 Å². The fraction of sp³-hybridized carbons (Fsp3) is 0.887. The lowest BCUT2D eigenvalue weighted by molar-refractivity contribution is -0.870. The first-order valence-corrected chi connectivity index (χ1v) is 36.8. The van der Waals surface area contributed by atoms with Gasteiger partial charge in [-0.15, -0.1) is 0 Å². The molecule has 0 aromatic carbocycles. The lowest BCUT2D eigenvalue weighted by Crippen LogP contribution is -2.47. The van der Waals surface area contributed by atoms with Crippen LogP contribution in [0.3, 0.4) is 0 Å². The number of ether oxygens (including phenoxy) is 1. The van der Waals surface area contributed by atoms with Crippen molar-refractivity contribution in [1.29, 1.82) is 0 Å². The molecule has 0 saturated carbocycles. The highest BCUT2D eigenvalue weighted by Gasteiger charge is 2.27. The average molecular weight is 1160 g/mol. The Morgan fingerprint density at radius 2 is 0.716 bits per heavy atom. The molecule has 1 amide bonds. The normalized spacial score (nSPS) is 13.7. The minimum atomic E-state index is -4.70. The monoisotopic (exact) mass is 1160 g/mol. The van der Waals surface area contributed by atoms with Crippen molar-refractivity contribution in [3.8, 4) is 0 Å². The van der Waals surface area contributed by atoms with Crippen LogP contribution >= 0.6 is 7.82 Å². The summed E-state index contributed by atoms with van der Waals surface area (Å²) in [6, 6.07) is -0.888. The number of allylic oxidation sites excluding steroid dienone is 5. The van der Waals surface area contributed by atoms with Gasteiger partial charge in [-0.05, 0) is 83.1 Å². The molecular weight excluding hydrogens is 1020 g/mol. The van der Waals surface area contributed by atoms with Gasteiger partial charge in [0.15, 0.2) is 0 Å². The summed E-state index contributed by atoms with van der Waals surface area (Å²) in [5.74, 6) is -0.528. The SMILES string of the molecule is CCCCCCCC/C=C/CCCCCCCCCCCCCCCCCC(=O)OC(/C=C\CCCCCCCCCCCCC)C(COP(=O)([O-])OCC[N+](C)(C)C)NC(=O)CCCCCCCCC/C=C/CCCCCCCC. The van der Waals surface area contributed by atoms with Crippen molar-refractivity contribution in [2.75, 3.05) is 40.9 Å². The molecule has 9 nitrogen and oxygen atoms in total. The van der Waals surface area contributed by atoms with Crippen LogP contribution in [0.25, 0.3) is 0 Å². The van der Waals surface area contributed by atoms with E-state index in [1.165, 1.54) is 250 Å².